The Kier molecular flexibility index (Phi) is 7.60. The highest BCUT2D eigenvalue weighted by molar-refractivity contribution is 6.07. The third-order valence-corrected chi connectivity index (χ3v) is 6.81. The van der Waals surface area contributed by atoms with Gasteiger partial charge < -0.3 is 15.0 Å². The molecule has 0 spiro atoms. The van der Waals surface area contributed by atoms with Crippen LogP contribution in [0.5, 0.6) is 0 Å². The number of halogens is 1. The number of carbonyl (C=O) groups excluding carboxylic acids is 3. The van der Waals surface area contributed by atoms with Crippen molar-refractivity contribution in [1.82, 2.24) is 15.1 Å². The SMILES string of the molecule is COCCN1C(=O)NC(Cc2cccc(F)c2)(C2CCN(C(=O)/C=C/c3ccccc3)CC2)C1=O. The number of rotatable bonds is 8. The molecule has 2 aromatic carbocycles. The van der Waals surface area contributed by atoms with Crippen LogP contribution in [0.25, 0.3) is 6.08 Å². The molecule has 35 heavy (non-hydrogen) atoms. The van der Waals surface area contributed by atoms with Crippen LogP contribution in [0.15, 0.2) is 60.7 Å². The van der Waals surface area contributed by atoms with Crippen molar-refractivity contribution in [3.05, 3.63) is 77.6 Å². The Labute approximate surface area is 204 Å². The number of carbonyl (C=O) groups is 3. The smallest absolute Gasteiger partial charge is 0.325 e. The minimum absolute atomic E-state index is 0.0880. The van der Waals surface area contributed by atoms with Gasteiger partial charge in [-0.15, -0.1) is 0 Å². The first-order valence-electron chi connectivity index (χ1n) is 11.8. The van der Waals surface area contributed by atoms with Crippen molar-refractivity contribution in [2.24, 2.45) is 5.92 Å². The molecular formula is C27H30FN3O4. The van der Waals surface area contributed by atoms with Crippen LogP contribution in [0.1, 0.15) is 24.0 Å². The second kappa shape index (κ2) is 10.8. The molecule has 1 atom stereocenters. The van der Waals surface area contributed by atoms with E-state index in [1.807, 2.05) is 30.3 Å². The zero-order valence-corrected chi connectivity index (χ0v) is 19.8. The number of urea groups is 1. The molecule has 2 aromatic rings. The third kappa shape index (κ3) is 5.43. The third-order valence-electron chi connectivity index (χ3n) is 6.81. The predicted molar refractivity (Wildman–Crippen MR) is 130 cm³/mol. The van der Waals surface area contributed by atoms with Gasteiger partial charge in [0, 0.05) is 32.7 Å². The Morgan fingerprint density at radius 3 is 2.57 bits per heavy atom. The predicted octanol–water partition coefficient (Wildman–Crippen LogP) is 3.26. The van der Waals surface area contributed by atoms with Gasteiger partial charge in [0.2, 0.25) is 5.91 Å². The molecule has 0 aliphatic carbocycles. The first kappa shape index (κ1) is 24.6. The highest BCUT2D eigenvalue weighted by Crippen LogP contribution is 2.36. The molecule has 0 saturated carbocycles. The lowest BCUT2D eigenvalue weighted by Gasteiger charge is -2.41. The van der Waals surface area contributed by atoms with Crippen molar-refractivity contribution < 1.29 is 23.5 Å². The first-order valence-corrected chi connectivity index (χ1v) is 11.8. The number of imide groups is 1. The summed E-state index contributed by atoms with van der Waals surface area (Å²) in [6.45, 7) is 1.31. The molecule has 2 fully saturated rings. The van der Waals surface area contributed by atoms with Crippen molar-refractivity contribution in [2.75, 3.05) is 33.4 Å². The largest absolute Gasteiger partial charge is 0.383 e. The fraction of sp³-hybridized carbons (Fsp3) is 0.370. The summed E-state index contributed by atoms with van der Waals surface area (Å²) in [6, 6.07) is 15.2. The van der Waals surface area contributed by atoms with Crippen LogP contribution in [-0.4, -0.2) is 66.5 Å². The van der Waals surface area contributed by atoms with Gasteiger partial charge in [0.05, 0.1) is 13.2 Å². The van der Waals surface area contributed by atoms with Crippen LogP contribution in [0.3, 0.4) is 0 Å². The van der Waals surface area contributed by atoms with Gasteiger partial charge in [0.15, 0.2) is 0 Å². The van der Waals surface area contributed by atoms with Crippen LogP contribution < -0.4 is 5.32 Å². The lowest BCUT2D eigenvalue weighted by molar-refractivity contribution is -0.135. The molecular weight excluding hydrogens is 449 g/mol. The number of hydrogen-bond donors (Lipinski definition) is 1. The number of piperidine rings is 1. The van der Waals surface area contributed by atoms with E-state index in [-0.39, 0.29) is 37.3 Å². The van der Waals surface area contributed by atoms with Gasteiger partial charge in [-0.3, -0.25) is 14.5 Å². The summed E-state index contributed by atoms with van der Waals surface area (Å²) in [4.78, 5) is 42.1. The molecule has 1 unspecified atom stereocenters. The lowest BCUT2D eigenvalue weighted by Crippen LogP contribution is -2.58. The van der Waals surface area contributed by atoms with Crippen LogP contribution in [0.4, 0.5) is 9.18 Å². The van der Waals surface area contributed by atoms with E-state index < -0.39 is 17.4 Å². The van der Waals surface area contributed by atoms with Crippen LogP contribution in [-0.2, 0) is 20.7 Å². The van der Waals surface area contributed by atoms with Crippen molar-refractivity contribution >= 4 is 23.9 Å². The number of likely N-dealkylation sites (tertiary alicyclic amines) is 1. The van der Waals surface area contributed by atoms with E-state index >= 15 is 0 Å². The first-order chi connectivity index (χ1) is 16.9. The second-order valence-corrected chi connectivity index (χ2v) is 9.00. The zero-order valence-electron chi connectivity index (χ0n) is 19.8. The van der Waals surface area contributed by atoms with Crippen molar-refractivity contribution in [1.29, 1.82) is 0 Å². The fourth-order valence-electron chi connectivity index (χ4n) is 4.97. The molecule has 4 rings (SSSR count). The summed E-state index contributed by atoms with van der Waals surface area (Å²) in [5.74, 6) is -0.999. The maximum atomic E-state index is 13.9. The van der Waals surface area contributed by atoms with Crippen molar-refractivity contribution in [3.8, 4) is 0 Å². The quantitative estimate of drug-likeness (QED) is 0.466. The average Bonchev–Trinajstić information content (AvgIpc) is 3.11. The van der Waals surface area contributed by atoms with E-state index in [0.717, 1.165) is 5.56 Å². The highest BCUT2D eigenvalue weighted by Gasteiger charge is 2.55. The maximum Gasteiger partial charge on any atom is 0.325 e. The van der Waals surface area contributed by atoms with Crippen molar-refractivity contribution in [2.45, 2.75) is 24.8 Å². The van der Waals surface area contributed by atoms with Gasteiger partial charge in [-0.1, -0.05) is 42.5 Å². The molecule has 4 amide bonds. The number of nitrogens with zero attached hydrogens (tertiary/aromatic N) is 2. The fourth-order valence-corrected chi connectivity index (χ4v) is 4.97. The van der Waals surface area contributed by atoms with Gasteiger partial charge in [-0.05, 0) is 48.1 Å². The number of nitrogens with one attached hydrogen (secondary N) is 1. The summed E-state index contributed by atoms with van der Waals surface area (Å²) in [5.41, 5.74) is 0.393. The van der Waals surface area contributed by atoms with Crippen LogP contribution in [0, 0.1) is 11.7 Å². The topological polar surface area (TPSA) is 79.0 Å². The Balaban J connectivity index is 1.50. The summed E-state index contributed by atoms with van der Waals surface area (Å²) in [6.07, 6.45) is 4.63. The lowest BCUT2D eigenvalue weighted by atomic mass is 9.74. The average molecular weight is 480 g/mol. The van der Waals surface area contributed by atoms with Crippen LogP contribution in [0.2, 0.25) is 0 Å². The molecule has 2 aliphatic heterocycles. The van der Waals surface area contributed by atoms with E-state index in [9.17, 15) is 18.8 Å². The number of methoxy groups -OCH3 is 1. The second-order valence-electron chi connectivity index (χ2n) is 9.00. The number of benzene rings is 2. The van der Waals surface area contributed by atoms with Gasteiger partial charge >= 0.3 is 6.03 Å². The molecule has 184 valence electrons. The standard InChI is InChI=1S/C27H30FN3O4/c1-35-17-16-31-25(33)27(29-26(31)34,19-21-8-5-9-23(28)18-21)22-12-14-30(15-13-22)24(32)11-10-20-6-3-2-4-7-20/h2-11,18,22H,12-17,19H2,1H3,(H,29,34)/b11-10+. The number of hydrogen-bond acceptors (Lipinski definition) is 4. The molecule has 0 aromatic heterocycles. The highest BCUT2D eigenvalue weighted by atomic mass is 19.1. The molecule has 0 bridgehead atoms. The van der Waals surface area contributed by atoms with E-state index in [4.69, 9.17) is 4.74 Å². The van der Waals surface area contributed by atoms with Gasteiger partial charge in [-0.25, -0.2) is 9.18 Å². The summed E-state index contributed by atoms with van der Waals surface area (Å²) in [5, 5.41) is 2.95. The molecule has 8 heteroatoms. The van der Waals surface area contributed by atoms with E-state index in [1.54, 1.807) is 29.2 Å². The molecule has 2 aliphatic rings. The van der Waals surface area contributed by atoms with E-state index in [2.05, 4.69) is 5.32 Å². The maximum absolute atomic E-state index is 13.9. The Hall–Kier alpha value is -3.52. The molecule has 2 saturated heterocycles. The number of amides is 4. The zero-order chi connectivity index (χ0) is 24.8. The Morgan fingerprint density at radius 1 is 1.14 bits per heavy atom. The Morgan fingerprint density at radius 2 is 1.89 bits per heavy atom. The number of ether oxygens (including phenoxy) is 1. The molecule has 1 N–H and O–H groups in total. The van der Waals surface area contributed by atoms with Gasteiger partial charge in [-0.2, -0.15) is 0 Å². The minimum atomic E-state index is -1.19. The summed E-state index contributed by atoms with van der Waals surface area (Å²) in [7, 11) is 1.51. The van der Waals surface area contributed by atoms with Crippen LogP contribution >= 0.6 is 0 Å². The summed E-state index contributed by atoms with van der Waals surface area (Å²) < 4.78 is 19.0. The minimum Gasteiger partial charge on any atom is -0.383 e. The normalized spacial score (nSPS) is 21.1. The summed E-state index contributed by atoms with van der Waals surface area (Å²) >= 11 is 0. The van der Waals surface area contributed by atoms with E-state index in [0.29, 0.717) is 31.5 Å². The molecule has 0 radical (unpaired) electrons. The van der Waals surface area contributed by atoms with E-state index in [1.165, 1.54) is 24.1 Å². The monoisotopic (exact) mass is 479 g/mol. The molecule has 2 heterocycles. The Bertz CT molecular complexity index is 1100. The van der Waals surface area contributed by atoms with Gasteiger partial charge in [0.25, 0.3) is 5.91 Å². The molecule has 7 nitrogen and oxygen atoms in total. The van der Waals surface area contributed by atoms with Crippen molar-refractivity contribution in [3.63, 3.8) is 0 Å². The van der Waals surface area contributed by atoms with Gasteiger partial charge in [0.1, 0.15) is 11.4 Å².